The van der Waals surface area contributed by atoms with E-state index in [1.54, 1.807) is 12.1 Å². The zero-order chi connectivity index (χ0) is 18.0. The van der Waals surface area contributed by atoms with E-state index in [-0.39, 0.29) is 17.7 Å². The minimum absolute atomic E-state index is 0.118. The predicted molar refractivity (Wildman–Crippen MR) is 101 cm³/mol. The van der Waals surface area contributed by atoms with E-state index in [2.05, 4.69) is 12.1 Å². The number of nitrogens with two attached hydrogens (primary N) is 1. The lowest BCUT2D eigenvalue weighted by Crippen LogP contribution is -2.30. The summed E-state index contributed by atoms with van der Waals surface area (Å²) in [5, 5.41) is 0.693. The number of hydrogen-bond donors (Lipinski definition) is 1. The van der Waals surface area contributed by atoms with Gasteiger partial charge in [-0.3, -0.25) is 4.79 Å². The van der Waals surface area contributed by atoms with Crippen molar-refractivity contribution in [3.05, 3.63) is 63.6 Å². The molecule has 6 heteroatoms. The van der Waals surface area contributed by atoms with Crippen molar-refractivity contribution in [1.82, 2.24) is 4.90 Å². The number of amides is 1. The van der Waals surface area contributed by atoms with Gasteiger partial charge in [0.1, 0.15) is 5.75 Å². The van der Waals surface area contributed by atoms with Crippen LogP contribution in [-0.4, -0.2) is 37.6 Å². The Bertz CT molecular complexity index is 768. The van der Waals surface area contributed by atoms with Crippen LogP contribution in [0.1, 0.15) is 21.8 Å². The Hall–Kier alpha value is -1.75. The summed E-state index contributed by atoms with van der Waals surface area (Å²) in [6, 6.07) is 13.3. The van der Waals surface area contributed by atoms with Crippen LogP contribution in [0, 0.1) is 5.92 Å². The van der Waals surface area contributed by atoms with Gasteiger partial charge in [-0.2, -0.15) is 0 Å². The zero-order valence-electron chi connectivity index (χ0n) is 13.9. The first-order valence-electron chi connectivity index (χ1n) is 8.12. The first kappa shape index (κ1) is 18.1. The van der Waals surface area contributed by atoms with Crippen LogP contribution in [0.5, 0.6) is 5.75 Å². The van der Waals surface area contributed by atoms with Gasteiger partial charge >= 0.3 is 0 Å². The summed E-state index contributed by atoms with van der Waals surface area (Å²) in [5.74, 6) is 0.753. The Balaban J connectivity index is 1.88. The van der Waals surface area contributed by atoms with E-state index < -0.39 is 0 Å². The van der Waals surface area contributed by atoms with E-state index >= 15 is 0 Å². The van der Waals surface area contributed by atoms with Crippen LogP contribution >= 0.6 is 23.2 Å². The lowest BCUT2D eigenvalue weighted by molar-refractivity contribution is 0.0783. The highest BCUT2D eigenvalue weighted by Crippen LogP contribution is 2.36. The number of likely N-dealkylation sites (tertiary alicyclic amines) is 1. The molecule has 1 amide bonds. The molecule has 2 aromatic rings. The molecule has 4 nitrogen and oxygen atoms in total. The van der Waals surface area contributed by atoms with Crippen molar-refractivity contribution in [2.24, 2.45) is 11.7 Å². The van der Waals surface area contributed by atoms with Gasteiger partial charge in [0, 0.05) is 25.1 Å². The molecule has 3 rings (SSSR count). The third-order valence-corrected chi connectivity index (χ3v) is 5.45. The number of carbonyl (C=O) groups is 1. The number of hydrogen-bond acceptors (Lipinski definition) is 3. The van der Waals surface area contributed by atoms with Gasteiger partial charge in [-0.05, 0) is 24.1 Å². The second kappa shape index (κ2) is 7.65. The normalized spacial score (nSPS) is 19.9. The quantitative estimate of drug-likeness (QED) is 0.879. The van der Waals surface area contributed by atoms with Crippen molar-refractivity contribution in [1.29, 1.82) is 0 Å². The fourth-order valence-electron chi connectivity index (χ4n) is 3.39. The van der Waals surface area contributed by atoms with Gasteiger partial charge in [-0.1, -0.05) is 53.5 Å². The topological polar surface area (TPSA) is 55.6 Å². The molecule has 0 unspecified atom stereocenters. The third-order valence-electron chi connectivity index (χ3n) is 4.73. The van der Waals surface area contributed by atoms with Gasteiger partial charge in [0.05, 0.1) is 22.7 Å². The maximum absolute atomic E-state index is 13.0. The van der Waals surface area contributed by atoms with E-state index in [0.29, 0.717) is 41.0 Å². The molecule has 1 saturated heterocycles. The monoisotopic (exact) mass is 378 g/mol. The standard InChI is InChI=1S/C19H20Cl2N2O2/c1-25-18-8-17(21)16(20)7-14(18)19(24)23-10-13(9-22)15(11-23)12-5-3-2-4-6-12/h2-8,13,15H,9-11,22H2,1H3/t13-,15+/m1/s1. The van der Waals surface area contributed by atoms with Gasteiger partial charge in [0.2, 0.25) is 0 Å². The van der Waals surface area contributed by atoms with Crippen LogP contribution in [-0.2, 0) is 0 Å². The lowest BCUT2D eigenvalue weighted by atomic mass is 9.89. The summed E-state index contributed by atoms with van der Waals surface area (Å²) in [7, 11) is 1.51. The largest absolute Gasteiger partial charge is 0.496 e. The molecule has 0 saturated carbocycles. The summed E-state index contributed by atoms with van der Waals surface area (Å²) in [5.41, 5.74) is 7.58. The zero-order valence-corrected chi connectivity index (χ0v) is 15.4. The molecule has 0 spiro atoms. The van der Waals surface area contributed by atoms with Crippen molar-refractivity contribution < 1.29 is 9.53 Å². The van der Waals surface area contributed by atoms with Crippen molar-refractivity contribution in [2.45, 2.75) is 5.92 Å². The Labute approximate surface area is 157 Å². The molecule has 1 heterocycles. The van der Waals surface area contributed by atoms with Crippen molar-refractivity contribution >= 4 is 29.1 Å². The SMILES string of the molecule is COc1cc(Cl)c(Cl)cc1C(=O)N1C[C@@H](CN)[C@H](c2ccccc2)C1. The molecule has 2 atom stereocenters. The first-order valence-corrected chi connectivity index (χ1v) is 8.88. The highest BCUT2D eigenvalue weighted by atomic mass is 35.5. The summed E-state index contributed by atoms with van der Waals surface area (Å²) in [4.78, 5) is 14.8. The predicted octanol–water partition coefficient (Wildman–Crippen LogP) is 3.82. The van der Waals surface area contributed by atoms with E-state index in [1.807, 2.05) is 23.1 Å². The van der Waals surface area contributed by atoms with Gasteiger partial charge in [0.15, 0.2) is 0 Å². The highest BCUT2D eigenvalue weighted by Gasteiger charge is 2.36. The number of halogens is 2. The number of carbonyl (C=O) groups excluding carboxylic acids is 1. The molecule has 1 aliphatic heterocycles. The Morgan fingerprint density at radius 2 is 1.88 bits per heavy atom. The Morgan fingerprint density at radius 1 is 1.20 bits per heavy atom. The Morgan fingerprint density at radius 3 is 2.52 bits per heavy atom. The molecule has 2 aromatic carbocycles. The maximum Gasteiger partial charge on any atom is 0.257 e. The molecule has 1 aliphatic rings. The van der Waals surface area contributed by atoms with Crippen molar-refractivity contribution in [3.63, 3.8) is 0 Å². The molecule has 2 N–H and O–H groups in total. The molecule has 132 valence electrons. The number of benzene rings is 2. The number of methoxy groups -OCH3 is 1. The minimum Gasteiger partial charge on any atom is -0.496 e. The fraction of sp³-hybridized carbons (Fsp3) is 0.316. The van der Waals surface area contributed by atoms with Crippen LogP contribution < -0.4 is 10.5 Å². The number of rotatable bonds is 4. The van der Waals surface area contributed by atoms with Crippen LogP contribution in [0.25, 0.3) is 0 Å². The van der Waals surface area contributed by atoms with Crippen molar-refractivity contribution in [3.8, 4) is 5.75 Å². The Kier molecular flexibility index (Phi) is 5.52. The lowest BCUT2D eigenvalue weighted by Gasteiger charge is -2.19. The van der Waals surface area contributed by atoms with E-state index in [4.69, 9.17) is 33.7 Å². The van der Waals surface area contributed by atoms with E-state index in [0.717, 1.165) is 0 Å². The van der Waals surface area contributed by atoms with Gasteiger partial charge < -0.3 is 15.4 Å². The van der Waals surface area contributed by atoms with Crippen LogP contribution in [0.15, 0.2) is 42.5 Å². The minimum atomic E-state index is -0.118. The summed E-state index contributed by atoms with van der Waals surface area (Å²) >= 11 is 12.1. The summed E-state index contributed by atoms with van der Waals surface area (Å²) < 4.78 is 5.31. The molecule has 1 fully saturated rings. The average molecular weight is 379 g/mol. The van der Waals surface area contributed by atoms with Crippen LogP contribution in [0.4, 0.5) is 0 Å². The molecule has 0 radical (unpaired) electrons. The smallest absolute Gasteiger partial charge is 0.257 e. The third kappa shape index (κ3) is 3.61. The molecule has 0 aromatic heterocycles. The van der Waals surface area contributed by atoms with E-state index in [1.165, 1.54) is 12.7 Å². The second-order valence-corrected chi connectivity index (χ2v) is 7.00. The van der Waals surface area contributed by atoms with Gasteiger partial charge in [-0.15, -0.1) is 0 Å². The first-order chi connectivity index (χ1) is 12.0. The second-order valence-electron chi connectivity index (χ2n) is 6.19. The average Bonchev–Trinajstić information content (AvgIpc) is 3.08. The molecule has 25 heavy (non-hydrogen) atoms. The van der Waals surface area contributed by atoms with Crippen LogP contribution in [0.2, 0.25) is 10.0 Å². The van der Waals surface area contributed by atoms with Gasteiger partial charge in [0.25, 0.3) is 5.91 Å². The fourth-order valence-corrected chi connectivity index (χ4v) is 3.71. The molecule has 0 aliphatic carbocycles. The molecule has 0 bridgehead atoms. The van der Waals surface area contributed by atoms with Crippen molar-refractivity contribution in [2.75, 3.05) is 26.7 Å². The number of ether oxygens (including phenoxy) is 1. The number of nitrogens with zero attached hydrogens (tertiary/aromatic N) is 1. The van der Waals surface area contributed by atoms with E-state index in [9.17, 15) is 4.79 Å². The maximum atomic E-state index is 13.0. The summed E-state index contributed by atoms with van der Waals surface area (Å²) in [6.07, 6.45) is 0. The van der Waals surface area contributed by atoms with Crippen LogP contribution in [0.3, 0.4) is 0 Å². The molecular formula is C19H20Cl2N2O2. The molecular weight excluding hydrogens is 359 g/mol. The van der Waals surface area contributed by atoms with Gasteiger partial charge in [-0.25, -0.2) is 0 Å². The summed E-state index contributed by atoms with van der Waals surface area (Å²) in [6.45, 7) is 1.76. The highest BCUT2D eigenvalue weighted by molar-refractivity contribution is 6.42.